The SMILES string of the molecule is Cc1cc(C(=O)N2CC[C@H](F)C2)ccc1B1OC(C)(C)C(C)(C)O1. The Bertz CT molecular complexity index is 646. The van der Waals surface area contributed by atoms with Gasteiger partial charge in [0.05, 0.1) is 17.7 Å². The molecule has 0 bridgehead atoms. The molecule has 1 aromatic carbocycles. The third-order valence-electron chi connectivity index (χ3n) is 5.44. The Morgan fingerprint density at radius 3 is 2.38 bits per heavy atom. The van der Waals surface area contributed by atoms with Gasteiger partial charge in [-0.25, -0.2) is 4.39 Å². The number of hydrogen-bond donors (Lipinski definition) is 0. The lowest BCUT2D eigenvalue weighted by atomic mass is 9.76. The van der Waals surface area contributed by atoms with Crippen LogP contribution in [-0.2, 0) is 9.31 Å². The van der Waals surface area contributed by atoms with Crippen LogP contribution in [0.4, 0.5) is 4.39 Å². The number of carbonyl (C=O) groups excluding carboxylic acids is 1. The summed E-state index contributed by atoms with van der Waals surface area (Å²) in [6.07, 6.45) is -0.476. The average molecular weight is 333 g/mol. The van der Waals surface area contributed by atoms with E-state index in [1.165, 1.54) is 0 Å². The molecule has 2 aliphatic heterocycles. The number of hydrogen-bond acceptors (Lipinski definition) is 3. The van der Waals surface area contributed by atoms with E-state index in [-0.39, 0.29) is 12.5 Å². The zero-order chi connectivity index (χ0) is 17.7. The third-order valence-corrected chi connectivity index (χ3v) is 5.44. The van der Waals surface area contributed by atoms with Crippen molar-refractivity contribution < 1.29 is 18.5 Å². The summed E-state index contributed by atoms with van der Waals surface area (Å²) in [6, 6.07) is 5.50. The predicted octanol–water partition coefficient (Wildman–Crippen LogP) is 2.48. The van der Waals surface area contributed by atoms with Crippen molar-refractivity contribution in [3.8, 4) is 0 Å². The summed E-state index contributed by atoms with van der Waals surface area (Å²) in [7, 11) is -0.443. The normalized spacial score (nSPS) is 25.3. The maximum atomic E-state index is 13.3. The standard InChI is InChI=1S/C18H25BFNO3/c1-12-10-13(16(22)21-9-8-14(20)11-21)6-7-15(12)19-23-17(2,3)18(4,5)24-19/h6-7,10,14H,8-9,11H2,1-5H3/t14-/m0/s1. The first kappa shape index (κ1) is 17.4. The van der Waals surface area contributed by atoms with Crippen LogP contribution in [0.1, 0.15) is 50.0 Å². The van der Waals surface area contributed by atoms with Gasteiger partial charge in [-0.3, -0.25) is 4.79 Å². The van der Waals surface area contributed by atoms with Crippen molar-refractivity contribution in [1.82, 2.24) is 4.90 Å². The van der Waals surface area contributed by atoms with E-state index in [4.69, 9.17) is 9.31 Å². The number of likely N-dealkylation sites (tertiary alicyclic amines) is 1. The van der Waals surface area contributed by atoms with Crippen LogP contribution >= 0.6 is 0 Å². The highest BCUT2D eigenvalue weighted by Crippen LogP contribution is 2.36. The van der Waals surface area contributed by atoms with E-state index in [9.17, 15) is 9.18 Å². The lowest BCUT2D eigenvalue weighted by molar-refractivity contribution is 0.00578. The van der Waals surface area contributed by atoms with Crippen LogP contribution in [0.2, 0.25) is 0 Å². The molecule has 2 saturated heterocycles. The van der Waals surface area contributed by atoms with Gasteiger partial charge in [-0.1, -0.05) is 11.6 Å². The molecule has 1 atom stereocenters. The molecule has 2 heterocycles. The second kappa shape index (κ2) is 5.85. The fourth-order valence-corrected chi connectivity index (χ4v) is 3.13. The second-order valence-corrected chi connectivity index (χ2v) is 7.80. The zero-order valence-corrected chi connectivity index (χ0v) is 15.1. The van der Waals surface area contributed by atoms with E-state index in [0.717, 1.165) is 11.0 Å². The lowest BCUT2D eigenvalue weighted by Gasteiger charge is -2.32. The van der Waals surface area contributed by atoms with E-state index in [2.05, 4.69) is 0 Å². The molecule has 0 aromatic heterocycles. The highest BCUT2D eigenvalue weighted by Gasteiger charge is 2.52. The molecule has 0 radical (unpaired) electrons. The summed E-state index contributed by atoms with van der Waals surface area (Å²) in [5, 5.41) is 0. The molecular formula is C18H25BFNO3. The van der Waals surface area contributed by atoms with E-state index in [1.807, 2.05) is 46.8 Å². The van der Waals surface area contributed by atoms with Gasteiger partial charge in [0.15, 0.2) is 0 Å². The smallest absolute Gasteiger partial charge is 0.399 e. The minimum atomic E-state index is -0.904. The predicted molar refractivity (Wildman–Crippen MR) is 92.3 cm³/mol. The fraction of sp³-hybridized carbons (Fsp3) is 0.611. The quantitative estimate of drug-likeness (QED) is 0.781. The van der Waals surface area contributed by atoms with E-state index < -0.39 is 24.5 Å². The first-order valence-electron chi connectivity index (χ1n) is 8.50. The Labute approximate surface area is 143 Å². The number of carbonyl (C=O) groups is 1. The summed E-state index contributed by atoms with van der Waals surface area (Å²) in [6.45, 7) is 10.7. The minimum Gasteiger partial charge on any atom is -0.399 e. The second-order valence-electron chi connectivity index (χ2n) is 7.80. The van der Waals surface area contributed by atoms with Crippen LogP contribution < -0.4 is 5.46 Å². The molecular weight excluding hydrogens is 308 g/mol. The van der Waals surface area contributed by atoms with Gasteiger partial charge in [-0.2, -0.15) is 0 Å². The van der Waals surface area contributed by atoms with Crippen molar-refractivity contribution in [2.24, 2.45) is 0 Å². The number of nitrogens with zero attached hydrogens (tertiary/aromatic N) is 1. The van der Waals surface area contributed by atoms with Crippen LogP contribution in [0.15, 0.2) is 18.2 Å². The topological polar surface area (TPSA) is 38.8 Å². The van der Waals surface area contributed by atoms with Crippen LogP contribution in [-0.4, -0.2) is 48.4 Å². The molecule has 1 amide bonds. The number of alkyl halides is 1. The Morgan fingerprint density at radius 1 is 1.25 bits per heavy atom. The summed E-state index contributed by atoms with van der Waals surface area (Å²) in [5.74, 6) is -0.112. The van der Waals surface area contributed by atoms with Crippen molar-refractivity contribution in [1.29, 1.82) is 0 Å². The highest BCUT2D eigenvalue weighted by molar-refractivity contribution is 6.62. The van der Waals surface area contributed by atoms with Crippen molar-refractivity contribution in [3.63, 3.8) is 0 Å². The number of halogens is 1. The van der Waals surface area contributed by atoms with Gasteiger partial charge in [-0.05, 0) is 58.6 Å². The molecule has 0 unspecified atom stereocenters. The van der Waals surface area contributed by atoms with Crippen molar-refractivity contribution in [2.45, 2.75) is 58.4 Å². The van der Waals surface area contributed by atoms with Crippen LogP contribution in [0.25, 0.3) is 0 Å². The first-order valence-corrected chi connectivity index (χ1v) is 8.50. The minimum absolute atomic E-state index is 0.112. The molecule has 0 spiro atoms. The summed E-state index contributed by atoms with van der Waals surface area (Å²) >= 11 is 0. The average Bonchev–Trinajstić information content (AvgIpc) is 2.99. The Kier molecular flexibility index (Phi) is 4.25. The molecule has 0 aliphatic carbocycles. The third kappa shape index (κ3) is 2.97. The fourth-order valence-electron chi connectivity index (χ4n) is 3.13. The molecule has 2 fully saturated rings. The lowest BCUT2D eigenvalue weighted by Crippen LogP contribution is -2.41. The Balaban J connectivity index is 1.80. The molecule has 3 rings (SSSR count). The molecule has 2 aliphatic rings. The molecule has 0 N–H and O–H groups in total. The largest absolute Gasteiger partial charge is 0.495 e. The van der Waals surface area contributed by atoms with Crippen LogP contribution in [0.5, 0.6) is 0 Å². The number of benzene rings is 1. The van der Waals surface area contributed by atoms with Gasteiger partial charge < -0.3 is 14.2 Å². The van der Waals surface area contributed by atoms with Gasteiger partial charge in [0.1, 0.15) is 6.17 Å². The molecule has 0 saturated carbocycles. The molecule has 24 heavy (non-hydrogen) atoms. The maximum absolute atomic E-state index is 13.3. The van der Waals surface area contributed by atoms with E-state index in [0.29, 0.717) is 18.5 Å². The number of aryl methyl sites for hydroxylation is 1. The number of rotatable bonds is 2. The van der Waals surface area contributed by atoms with Gasteiger partial charge in [0.2, 0.25) is 0 Å². The Morgan fingerprint density at radius 2 is 1.88 bits per heavy atom. The van der Waals surface area contributed by atoms with Gasteiger partial charge in [0, 0.05) is 12.1 Å². The van der Waals surface area contributed by atoms with Crippen molar-refractivity contribution >= 4 is 18.5 Å². The summed E-state index contributed by atoms with van der Waals surface area (Å²) < 4.78 is 25.5. The molecule has 1 aromatic rings. The summed E-state index contributed by atoms with van der Waals surface area (Å²) in [4.78, 5) is 14.1. The zero-order valence-electron chi connectivity index (χ0n) is 15.1. The highest BCUT2D eigenvalue weighted by atomic mass is 19.1. The molecule has 4 nitrogen and oxygen atoms in total. The van der Waals surface area contributed by atoms with Crippen molar-refractivity contribution in [2.75, 3.05) is 13.1 Å². The van der Waals surface area contributed by atoms with E-state index >= 15 is 0 Å². The monoisotopic (exact) mass is 333 g/mol. The first-order chi connectivity index (χ1) is 11.1. The summed E-state index contributed by atoms with van der Waals surface area (Å²) in [5.41, 5.74) is 1.65. The van der Waals surface area contributed by atoms with Crippen LogP contribution in [0, 0.1) is 6.92 Å². The Hall–Kier alpha value is -1.40. The molecule has 6 heteroatoms. The van der Waals surface area contributed by atoms with Gasteiger partial charge >= 0.3 is 7.12 Å². The number of amides is 1. The van der Waals surface area contributed by atoms with Crippen molar-refractivity contribution in [3.05, 3.63) is 29.3 Å². The maximum Gasteiger partial charge on any atom is 0.495 e. The molecule has 130 valence electrons. The van der Waals surface area contributed by atoms with Gasteiger partial charge in [-0.15, -0.1) is 0 Å². The van der Waals surface area contributed by atoms with Gasteiger partial charge in [0.25, 0.3) is 5.91 Å². The van der Waals surface area contributed by atoms with Crippen LogP contribution in [0.3, 0.4) is 0 Å². The van der Waals surface area contributed by atoms with E-state index in [1.54, 1.807) is 11.0 Å².